The van der Waals surface area contributed by atoms with Crippen molar-refractivity contribution >= 4 is 57.9 Å². The first-order chi connectivity index (χ1) is 15.2. The number of urea groups is 1. The van der Waals surface area contributed by atoms with E-state index in [0.717, 1.165) is 28.3 Å². The van der Waals surface area contributed by atoms with Crippen molar-refractivity contribution in [1.29, 1.82) is 0 Å². The highest BCUT2D eigenvalue weighted by Crippen LogP contribution is 2.31. The number of hydrogen-bond donors (Lipinski definition) is 3. The number of nitrogens with zero attached hydrogens (tertiary/aromatic N) is 1. The Bertz CT molecular complexity index is 1160. The molecular weight excluding hydrogens is 447 g/mol. The van der Waals surface area contributed by atoms with Crippen LogP contribution in [-0.4, -0.2) is 22.4 Å². The van der Waals surface area contributed by atoms with Gasteiger partial charge in [0.05, 0.1) is 6.54 Å². The van der Waals surface area contributed by atoms with Crippen molar-refractivity contribution in [2.45, 2.75) is 25.9 Å². The number of anilines is 4. The van der Waals surface area contributed by atoms with Crippen LogP contribution in [0.4, 0.5) is 27.5 Å². The third-order valence-corrected chi connectivity index (χ3v) is 5.89. The molecule has 0 aromatic heterocycles. The average molecular weight is 469 g/mol. The van der Waals surface area contributed by atoms with Crippen LogP contribution in [0.3, 0.4) is 0 Å². The number of hydrogen-bond acceptors (Lipinski definition) is 4. The Labute approximate surface area is 196 Å². The first-order valence-electron chi connectivity index (χ1n) is 10.0. The molecule has 0 aliphatic carbocycles. The van der Waals surface area contributed by atoms with Crippen LogP contribution in [0.25, 0.3) is 0 Å². The summed E-state index contributed by atoms with van der Waals surface area (Å²) in [5, 5.41) is 10.4. The van der Waals surface area contributed by atoms with Gasteiger partial charge in [-0.2, -0.15) is 0 Å². The lowest BCUT2D eigenvalue weighted by atomic mass is 10.0. The van der Waals surface area contributed by atoms with Gasteiger partial charge in [-0.3, -0.25) is 10.1 Å². The molecule has 1 aliphatic rings. The fraction of sp³-hybridized carbons (Fsp3) is 0.167. The Balaban J connectivity index is 1.67. The minimum atomic E-state index is -0.950. The van der Waals surface area contributed by atoms with Gasteiger partial charge in [-0.25, -0.2) is 4.79 Å². The summed E-state index contributed by atoms with van der Waals surface area (Å²) in [5.41, 5.74) is 3.29. The number of nitrogens with one attached hydrogen (secondary N) is 3. The molecule has 0 spiro atoms. The maximum Gasteiger partial charge on any atom is 0.325 e. The molecule has 164 valence electrons. The minimum absolute atomic E-state index is 0.247. The average Bonchev–Trinajstić information content (AvgIpc) is 2.94. The Morgan fingerprint density at radius 1 is 0.812 bits per heavy atom. The summed E-state index contributed by atoms with van der Waals surface area (Å²) in [6.07, 6.45) is 0. The summed E-state index contributed by atoms with van der Waals surface area (Å²) in [4.78, 5) is 26.2. The topological polar surface area (TPSA) is 73.5 Å². The molecular formula is C24H22Cl2N4O2. The normalized spacial score (nSPS) is 14.9. The molecule has 1 saturated heterocycles. The lowest BCUT2D eigenvalue weighted by molar-refractivity contribution is -0.125. The fourth-order valence-corrected chi connectivity index (χ4v) is 3.70. The summed E-state index contributed by atoms with van der Waals surface area (Å²) in [5.74, 6) is -0.315. The number of carbonyl (C=O) groups excluding carboxylic acids is 2. The van der Waals surface area contributed by atoms with Crippen LogP contribution < -0.4 is 16.0 Å². The van der Waals surface area contributed by atoms with Crippen LogP contribution in [0.5, 0.6) is 0 Å². The van der Waals surface area contributed by atoms with Crippen molar-refractivity contribution < 1.29 is 9.59 Å². The van der Waals surface area contributed by atoms with Crippen LogP contribution in [0, 0.1) is 0 Å². The highest BCUT2D eigenvalue weighted by atomic mass is 35.5. The lowest BCUT2D eigenvalue weighted by Gasteiger charge is -2.29. The number of imide groups is 1. The summed E-state index contributed by atoms with van der Waals surface area (Å²) in [6.45, 7) is 3.71. The molecule has 0 radical (unpaired) electrons. The molecule has 1 heterocycles. The van der Waals surface area contributed by atoms with Crippen molar-refractivity contribution in [3.05, 3.63) is 82.3 Å². The summed E-state index contributed by atoms with van der Waals surface area (Å²) >= 11 is 12.0. The van der Waals surface area contributed by atoms with Crippen molar-refractivity contribution in [2.75, 3.05) is 10.6 Å². The summed E-state index contributed by atoms with van der Waals surface area (Å²) < 4.78 is 0. The van der Waals surface area contributed by atoms with Crippen LogP contribution in [0.15, 0.2) is 66.7 Å². The van der Waals surface area contributed by atoms with Gasteiger partial charge in [0.1, 0.15) is 5.54 Å². The van der Waals surface area contributed by atoms with E-state index >= 15 is 0 Å². The SMILES string of the molecule is CC1(C)C(=O)NC(=O)N1Cc1cc(Nc2ccc(Cl)cc2)ccc1Nc1ccc(Cl)cc1. The van der Waals surface area contributed by atoms with E-state index < -0.39 is 11.6 Å². The largest absolute Gasteiger partial charge is 0.356 e. The Morgan fingerprint density at radius 3 is 1.88 bits per heavy atom. The smallest absolute Gasteiger partial charge is 0.325 e. The molecule has 0 unspecified atom stereocenters. The molecule has 1 fully saturated rings. The third kappa shape index (κ3) is 4.66. The zero-order chi connectivity index (χ0) is 22.9. The molecule has 0 saturated carbocycles. The zero-order valence-electron chi connectivity index (χ0n) is 17.6. The van der Waals surface area contributed by atoms with Gasteiger partial charge in [0.25, 0.3) is 5.91 Å². The van der Waals surface area contributed by atoms with Gasteiger partial charge in [0, 0.05) is 32.8 Å². The van der Waals surface area contributed by atoms with Gasteiger partial charge in [-0.05, 0) is 86.1 Å². The second-order valence-corrected chi connectivity index (χ2v) is 8.91. The van der Waals surface area contributed by atoms with Gasteiger partial charge in [0.2, 0.25) is 0 Å². The maximum absolute atomic E-state index is 12.5. The van der Waals surface area contributed by atoms with Gasteiger partial charge in [-0.1, -0.05) is 23.2 Å². The quantitative estimate of drug-likeness (QED) is 0.370. The first-order valence-corrected chi connectivity index (χ1v) is 10.8. The predicted octanol–water partition coefficient (Wildman–Crippen LogP) is 6.31. The third-order valence-electron chi connectivity index (χ3n) is 5.39. The van der Waals surface area contributed by atoms with Gasteiger partial charge in [0.15, 0.2) is 0 Å². The molecule has 0 atom stereocenters. The lowest BCUT2D eigenvalue weighted by Crippen LogP contribution is -2.43. The second kappa shape index (κ2) is 8.73. The molecule has 6 nitrogen and oxygen atoms in total. The molecule has 8 heteroatoms. The van der Waals surface area contributed by atoms with Crippen molar-refractivity contribution in [1.82, 2.24) is 10.2 Å². The molecule has 3 aromatic carbocycles. The Morgan fingerprint density at radius 2 is 1.34 bits per heavy atom. The number of halogens is 2. The maximum atomic E-state index is 12.5. The number of benzene rings is 3. The molecule has 0 bridgehead atoms. The van der Waals surface area contributed by atoms with Crippen LogP contribution >= 0.6 is 23.2 Å². The van der Waals surface area contributed by atoms with Gasteiger partial charge in [-0.15, -0.1) is 0 Å². The summed E-state index contributed by atoms with van der Waals surface area (Å²) in [7, 11) is 0. The van der Waals surface area contributed by atoms with Crippen molar-refractivity contribution in [2.24, 2.45) is 0 Å². The van der Waals surface area contributed by atoms with Crippen LogP contribution in [-0.2, 0) is 11.3 Å². The number of amides is 3. The molecule has 3 amide bonds. The van der Waals surface area contributed by atoms with Crippen molar-refractivity contribution in [3.8, 4) is 0 Å². The first kappa shape index (κ1) is 22.0. The van der Waals surface area contributed by atoms with E-state index in [1.54, 1.807) is 26.0 Å². The molecule has 32 heavy (non-hydrogen) atoms. The van der Waals surface area contributed by atoms with E-state index in [1.165, 1.54) is 4.90 Å². The number of carbonyl (C=O) groups is 2. The van der Waals surface area contributed by atoms with Gasteiger partial charge >= 0.3 is 6.03 Å². The fourth-order valence-electron chi connectivity index (χ4n) is 3.45. The van der Waals surface area contributed by atoms with E-state index in [4.69, 9.17) is 23.2 Å². The highest BCUT2D eigenvalue weighted by Gasteiger charge is 2.45. The number of rotatable bonds is 6. The Kier molecular flexibility index (Phi) is 6.00. The van der Waals surface area contributed by atoms with E-state index in [9.17, 15) is 9.59 Å². The predicted molar refractivity (Wildman–Crippen MR) is 129 cm³/mol. The van der Waals surface area contributed by atoms with Crippen LogP contribution in [0.2, 0.25) is 10.0 Å². The molecule has 3 aromatic rings. The monoisotopic (exact) mass is 468 g/mol. The second-order valence-electron chi connectivity index (χ2n) is 8.04. The molecule has 3 N–H and O–H groups in total. The minimum Gasteiger partial charge on any atom is -0.356 e. The van der Waals surface area contributed by atoms with E-state index in [0.29, 0.717) is 10.0 Å². The van der Waals surface area contributed by atoms with E-state index in [2.05, 4.69) is 16.0 Å². The zero-order valence-corrected chi connectivity index (χ0v) is 19.1. The standard InChI is InChI=1S/C24H22Cl2N4O2/c1-24(2)22(31)29-23(32)30(24)14-15-13-20(27-18-7-3-16(25)4-8-18)11-12-21(15)28-19-9-5-17(26)6-10-19/h3-13,27-28H,14H2,1-2H3,(H,29,31,32). The molecule has 1 aliphatic heterocycles. The summed E-state index contributed by atoms with van der Waals surface area (Å²) in [6, 6.07) is 20.2. The highest BCUT2D eigenvalue weighted by molar-refractivity contribution is 6.30. The Hall–Kier alpha value is -3.22. The van der Waals surface area contributed by atoms with E-state index in [1.807, 2.05) is 54.6 Å². The molecule has 4 rings (SSSR count). The van der Waals surface area contributed by atoms with E-state index in [-0.39, 0.29) is 12.5 Å². The van der Waals surface area contributed by atoms with Gasteiger partial charge < -0.3 is 15.5 Å². The van der Waals surface area contributed by atoms with Crippen LogP contribution in [0.1, 0.15) is 19.4 Å². The van der Waals surface area contributed by atoms with Crippen molar-refractivity contribution in [3.63, 3.8) is 0 Å².